The minimum atomic E-state index is -2.36. The van der Waals surface area contributed by atoms with Crippen LogP contribution in [-0.4, -0.2) is 22.2 Å². The van der Waals surface area contributed by atoms with Crippen LogP contribution in [0.2, 0.25) is 0 Å². The Bertz CT molecular complexity index is 1400. The second-order valence-corrected chi connectivity index (χ2v) is 10.9. The van der Waals surface area contributed by atoms with Gasteiger partial charge in [-0.15, -0.1) is 0 Å². The van der Waals surface area contributed by atoms with Crippen LogP contribution in [0.1, 0.15) is 19.8 Å². The predicted octanol–water partition coefficient (Wildman–Crippen LogP) is 6.21. The molecule has 3 nitrogen and oxygen atoms in total. The third-order valence-electron chi connectivity index (χ3n) is 5.72. The molecule has 28 heavy (non-hydrogen) atoms. The maximum atomic E-state index is 13.4. The van der Waals surface area contributed by atoms with Crippen molar-refractivity contribution in [3.63, 3.8) is 0 Å². The van der Waals surface area contributed by atoms with E-state index in [1.807, 2.05) is 12.7 Å². The molecule has 2 aromatic heterocycles. The number of nitrogens with zero attached hydrogens (tertiary/aromatic N) is 2. The highest BCUT2D eigenvalue weighted by atomic mass is 31.2. The van der Waals surface area contributed by atoms with Crippen molar-refractivity contribution in [2.75, 3.05) is 12.8 Å². The zero-order chi connectivity index (χ0) is 19.3. The summed E-state index contributed by atoms with van der Waals surface area (Å²) in [5.74, 6) is 0. The number of imidazole rings is 1. The average Bonchev–Trinajstić information content (AvgIpc) is 3.12. The fourth-order valence-electron chi connectivity index (χ4n) is 4.18. The Morgan fingerprint density at radius 1 is 0.893 bits per heavy atom. The Kier molecular flexibility index (Phi) is 4.03. The molecule has 0 aliphatic heterocycles. The lowest BCUT2D eigenvalue weighted by Crippen LogP contribution is -2.07. The molecule has 4 heteroatoms. The van der Waals surface area contributed by atoms with E-state index in [1.54, 1.807) is 0 Å². The van der Waals surface area contributed by atoms with Gasteiger partial charge in [0.2, 0.25) is 0 Å². The predicted molar refractivity (Wildman–Crippen MR) is 121 cm³/mol. The van der Waals surface area contributed by atoms with E-state index >= 15 is 0 Å². The Balaban J connectivity index is 1.92. The standard InChI is InChI=1S/C24H23N2OP/c1-3-4-15-28(2,27)17-13-14-22-20(16-17)18-9-5-6-10-19(18)24-25-21-11-7-8-12-23(21)26(22)24/h5-14,16H,3-4,15H2,1-2H3. The molecule has 140 valence electrons. The lowest BCUT2D eigenvalue weighted by molar-refractivity contribution is 0.582. The molecular weight excluding hydrogens is 363 g/mol. The molecule has 0 saturated carbocycles. The van der Waals surface area contributed by atoms with Gasteiger partial charge in [-0.25, -0.2) is 4.98 Å². The van der Waals surface area contributed by atoms with Gasteiger partial charge in [-0.1, -0.05) is 49.7 Å². The fraction of sp³-hybridized carbons (Fsp3) is 0.208. The fourth-order valence-corrected chi connectivity index (χ4v) is 6.15. The molecule has 5 rings (SSSR count). The molecule has 0 amide bonds. The van der Waals surface area contributed by atoms with E-state index in [-0.39, 0.29) is 0 Å². The van der Waals surface area contributed by atoms with Crippen LogP contribution in [0.15, 0.2) is 66.7 Å². The van der Waals surface area contributed by atoms with Gasteiger partial charge in [0.25, 0.3) is 0 Å². The van der Waals surface area contributed by atoms with Crippen LogP contribution in [0, 0.1) is 0 Å². The summed E-state index contributed by atoms with van der Waals surface area (Å²) in [4.78, 5) is 4.91. The topological polar surface area (TPSA) is 34.4 Å². The van der Waals surface area contributed by atoms with Crippen LogP contribution in [-0.2, 0) is 4.57 Å². The number of hydrogen-bond donors (Lipinski definition) is 0. The molecule has 0 aliphatic rings. The molecule has 2 heterocycles. The molecule has 0 fully saturated rings. The van der Waals surface area contributed by atoms with E-state index in [2.05, 4.69) is 72.0 Å². The molecule has 5 aromatic rings. The number of hydrogen-bond acceptors (Lipinski definition) is 2. The summed E-state index contributed by atoms with van der Waals surface area (Å²) in [5, 5.41) is 4.41. The summed E-state index contributed by atoms with van der Waals surface area (Å²) < 4.78 is 15.6. The molecule has 0 spiro atoms. The highest BCUT2D eigenvalue weighted by molar-refractivity contribution is 7.70. The molecule has 0 aliphatic carbocycles. The summed E-state index contributed by atoms with van der Waals surface area (Å²) in [6.45, 7) is 4.08. The Hall–Kier alpha value is -2.64. The van der Waals surface area contributed by atoms with E-state index in [1.165, 1.54) is 0 Å². The largest absolute Gasteiger partial charge is 0.319 e. The number of unbranched alkanes of at least 4 members (excludes halogenated alkanes) is 1. The third-order valence-corrected chi connectivity index (χ3v) is 8.26. The van der Waals surface area contributed by atoms with Crippen LogP contribution < -0.4 is 5.30 Å². The number of aromatic nitrogens is 2. The quantitative estimate of drug-likeness (QED) is 0.272. The number of pyridine rings is 1. The van der Waals surface area contributed by atoms with E-state index in [9.17, 15) is 4.57 Å². The second-order valence-electron chi connectivity index (χ2n) is 7.68. The summed E-state index contributed by atoms with van der Waals surface area (Å²) in [6, 6.07) is 23.0. The Morgan fingerprint density at radius 3 is 2.46 bits per heavy atom. The van der Waals surface area contributed by atoms with E-state index in [0.29, 0.717) is 0 Å². The van der Waals surface area contributed by atoms with Gasteiger partial charge in [-0.2, -0.15) is 0 Å². The minimum absolute atomic E-state index is 0.767. The van der Waals surface area contributed by atoms with Crippen LogP contribution in [0.25, 0.3) is 38.4 Å². The number of fused-ring (bicyclic) bond motifs is 8. The van der Waals surface area contributed by atoms with Gasteiger partial charge >= 0.3 is 0 Å². The van der Waals surface area contributed by atoms with Crippen molar-refractivity contribution in [3.8, 4) is 0 Å². The summed E-state index contributed by atoms with van der Waals surface area (Å²) in [7, 11) is -2.36. The van der Waals surface area contributed by atoms with Gasteiger partial charge in [0.15, 0.2) is 0 Å². The van der Waals surface area contributed by atoms with Crippen molar-refractivity contribution in [1.82, 2.24) is 9.38 Å². The lowest BCUT2D eigenvalue weighted by atomic mass is 10.1. The van der Waals surface area contributed by atoms with Crippen LogP contribution in [0.3, 0.4) is 0 Å². The van der Waals surface area contributed by atoms with Crippen molar-refractivity contribution >= 4 is 50.8 Å². The summed E-state index contributed by atoms with van der Waals surface area (Å²) in [6.07, 6.45) is 2.83. The van der Waals surface area contributed by atoms with Crippen molar-refractivity contribution in [1.29, 1.82) is 0 Å². The molecule has 0 N–H and O–H groups in total. The molecule has 1 unspecified atom stereocenters. The number of rotatable bonds is 4. The maximum absolute atomic E-state index is 13.4. The minimum Gasteiger partial charge on any atom is -0.319 e. The summed E-state index contributed by atoms with van der Waals surface area (Å²) >= 11 is 0. The first-order valence-corrected chi connectivity index (χ1v) is 12.2. The van der Waals surface area contributed by atoms with Crippen LogP contribution in [0.5, 0.6) is 0 Å². The molecule has 0 saturated heterocycles. The molecule has 0 radical (unpaired) electrons. The highest BCUT2D eigenvalue weighted by Gasteiger charge is 2.20. The van der Waals surface area contributed by atoms with Crippen LogP contribution >= 0.6 is 7.14 Å². The van der Waals surface area contributed by atoms with Gasteiger partial charge in [0.05, 0.1) is 16.6 Å². The first-order chi connectivity index (χ1) is 13.6. The average molecular weight is 386 g/mol. The van der Waals surface area contributed by atoms with E-state index in [4.69, 9.17) is 4.98 Å². The normalized spacial score (nSPS) is 14.2. The Morgan fingerprint density at radius 2 is 1.64 bits per heavy atom. The monoisotopic (exact) mass is 386 g/mol. The smallest absolute Gasteiger partial charge is 0.146 e. The highest BCUT2D eigenvalue weighted by Crippen LogP contribution is 2.42. The number of benzene rings is 3. The summed E-state index contributed by atoms with van der Waals surface area (Å²) in [5.41, 5.74) is 4.18. The first-order valence-electron chi connectivity index (χ1n) is 9.89. The molecule has 1 atom stereocenters. The van der Waals surface area contributed by atoms with Gasteiger partial charge in [0, 0.05) is 22.2 Å². The lowest BCUT2D eigenvalue weighted by Gasteiger charge is -2.15. The first kappa shape index (κ1) is 17.5. The van der Waals surface area contributed by atoms with Crippen LogP contribution in [0.4, 0.5) is 0 Å². The van der Waals surface area contributed by atoms with Gasteiger partial charge in [0.1, 0.15) is 12.8 Å². The molecular formula is C24H23N2OP. The van der Waals surface area contributed by atoms with Gasteiger partial charge in [-0.3, -0.25) is 4.40 Å². The van der Waals surface area contributed by atoms with Crippen molar-refractivity contribution in [2.24, 2.45) is 0 Å². The van der Waals surface area contributed by atoms with E-state index < -0.39 is 7.14 Å². The van der Waals surface area contributed by atoms with Gasteiger partial charge in [-0.05, 0) is 48.8 Å². The van der Waals surface area contributed by atoms with Gasteiger partial charge < -0.3 is 4.57 Å². The molecule has 3 aromatic carbocycles. The Labute approximate surface area is 164 Å². The van der Waals surface area contributed by atoms with Crippen molar-refractivity contribution < 1.29 is 4.57 Å². The van der Waals surface area contributed by atoms with Crippen molar-refractivity contribution in [3.05, 3.63) is 66.7 Å². The molecule has 0 bridgehead atoms. The van der Waals surface area contributed by atoms with Crippen molar-refractivity contribution in [2.45, 2.75) is 19.8 Å². The van der Waals surface area contributed by atoms with E-state index in [0.717, 1.165) is 62.7 Å². The third kappa shape index (κ3) is 2.57. The number of para-hydroxylation sites is 2. The maximum Gasteiger partial charge on any atom is 0.146 e. The SMILES string of the molecule is CCCCP(C)(=O)c1ccc2c(c1)c1ccccc1c1nc3ccccc3n21. The zero-order valence-corrected chi connectivity index (χ0v) is 17.1. The zero-order valence-electron chi connectivity index (χ0n) is 16.2. The second kappa shape index (κ2) is 6.46.